The molecule has 1 saturated heterocycles. The van der Waals surface area contributed by atoms with Crippen LogP contribution in [-0.4, -0.2) is 213 Å². The Morgan fingerprint density at radius 1 is 0.480 bits per heavy atom. The minimum Gasteiger partial charge on any atom is -0.480 e. The Labute approximate surface area is 289 Å². The van der Waals surface area contributed by atoms with Gasteiger partial charge in [0.2, 0.25) is 0 Å². The number of hydrogen-bond donors (Lipinski definition) is 7. The van der Waals surface area contributed by atoms with Gasteiger partial charge < -0.3 is 36.4 Å². The van der Waals surface area contributed by atoms with Crippen LogP contribution in [0.3, 0.4) is 0 Å². The van der Waals surface area contributed by atoms with E-state index < -0.39 is 81.1 Å². The first-order valence-electron chi connectivity index (χ1n) is 16.1. The van der Waals surface area contributed by atoms with Gasteiger partial charge in [0.05, 0.1) is 39.3 Å². The van der Waals surface area contributed by atoms with E-state index in [-0.39, 0.29) is 78.4 Å². The molecule has 280 valence electrons. The Hall–Kier alpha value is -4.40. The molecule has 1 atom stereocenters. The predicted octanol–water partition coefficient (Wildman–Crippen LogP) is -2.49. The molecule has 0 saturated carbocycles. The minimum atomic E-state index is -1.16. The standard InChI is InChI=1S/C31H49N7O12/c32-24-3-1-23(2-4-24)15-25-16-37(21-30(47)48)12-11-35(19-28(43)44)8-7-33(17-26(39)40)5-6-34(18-27(41)42)9-10-36(20-29(45)46)13-14-38(25)22-31(49)50/h1-4,25H,5-22,32H2,(H,39,40)(H,41,42)(H,43,44)(H,45,46)(H,47,48)(H,49,50). The zero-order valence-corrected chi connectivity index (χ0v) is 28.0. The van der Waals surface area contributed by atoms with Crippen molar-refractivity contribution < 1.29 is 59.4 Å². The van der Waals surface area contributed by atoms with Crippen molar-refractivity contribution in [3.05, 3.63) is 29.8 Å². The Kier molecular flexibility index (Phi) is 18.1. The van der Waals surface area contributed by atoms with Gasteiger partial charge in [0.25, 0.3) is 0 Å². The third kappa shape index (κ3) is 17.8. The van der Waals surface area contributed by atoms with E-state index in [0.29, 0.717) is 5.69 Å². The smallest absolute Gasteiger partial charge is 0.317 e. The van der Waals surface area contributed by atoms with E-state index in [4.69, 9.17) is 5.73 Å². The van der Waals surface area contributed by atoms with Crippen LogP contribution in [0.2, 0.25) is 0 Å². The maximum atomic E-state index is 12.1. The summed E-state index contributed by atoms with van der Waals surface area (Å²) in [6, 6.07) is 6.31. The van der Waals surface area contributed by atoms with Crippen molar-refractivity contribution in [2.45, 2.75) is 12.5 Å². The summed E-state index contributed by atoms with van der Waals surface area (Å²) in [7, 11) is 0. The Morgan fingerprint density at radius 2 is 0.780 bits per heavy atom. The van der Waals surface area contributed by atoms with E-state index in [1.807, 2.05) is 0 Å². The van der Waals surface area contributed by atoms with Crippen molar-refractivity contribution in [1.29, 1.82) is 0 Å². The van der Waals surface area contributed by atoms with Crippen LogP contribution in [0.5, 0.6) is 0 Å². The molecular weight excluding hydrogens is 662 g/mol. The van der Waals surface area contributed by atoms with Crippen molar-refractivity contribution in [2.75, 3.05) is 117 Å². The summed E-state index contributed by atoms with van der Waals surface area (Å²) in [4.78, 5) is 80.4. The normalized spacial score (nSPS) is 19.6. The van der Waals surface area contributed by atoms with Crippen molar-refractivity contribution in [1.82, 2.24) is 29.4 Å². The molecule has 1 aliphatic heterocycles. The van der Waals surface area contributed by atoms with Crippen LogP contribution >= 0.6 is 0 Å². The van der Waals surface area contributed by atoms with Crippen molar-refractivity contribution in [3.63, 3.8) is 0 Å². The molecule has 1 aliphatic rings. The number of carbonyl (C=O) groups is 6. The zero-order chi connectivity index (χ0) is 37.2. The lowest BCUT2D eigenvalue weighted by Gasteiger charge is -2.37. The van der Waals surface area contributed by atoms with Gasteiger partial charge in [0, 0.05) is 83.7 Å². The summed E-state index contributed by atoms with van der Waals surface area (Å²) in [6.07, 6.45) is 0.276. The molecule has 8 N–H and O–H groups in total. The van der Waals surface area contributed by atoms with Crippen molar-refractivity contribution in [2.24, 2.45) is 0 Å². The van der Waals surface area contributed by atoms with E-state index in [9.17, 15) is 59.4 Å². The molecule has 19 heteroatoms. The molecule has 1 aromatic carbocycles. The number of carboxylic acid groups (broad SMARTS) is 6. The molecule has 1 heterocycles. The Balaban J connectivity index is 2.56. The molecular formula is C31H49N7O12. The number of anilines is 1. The average molecular weight is 712 g/mol. The predicted molar refractivity (Wildman–Crippen MR) is 178 cm³/mol. The fourth-order valence-electron chi connectivity index (χ4n) is 5.77. The van der Waals surface area contributed by atoms with Gasteiger partial charge in [-0.3, -0.25) is 58.2 Å². The van der Waals surface area contributed by atoms with E-state index in [1.54, 1.807) is 53.7 Å². The number of aliphatic carboxylic acids is 6. The third-order valence-electron chi connectivity index (χ3n) is 8.20. The second-order valence-electron chi connectivity index (χ2n) is 12.3. The van der Waals surface area contributed by atoms with Crippen LogP contribution in [0, 0.1) is 0 Å². The van der Waals surface area contributed by atoms with Crippen LogP contribution in [0.4, 0.5) is 5.69 Å². The zero-order valence-electron chi connectivity index (χ0n) is 28.0. The molecule has 0 aliphatic carbocycles. The van der Waals surface area contributed by atoms with Gasteiger partial charge in [-0.15, -0.1) is 0 Å². The summed E-state index contributed by atoms with van der Waals surface area (Å²) < 4.78 is 0. The van der Waals surface area contributed by atoms with Crippen LogP contribution in [-0.2, 0) is 35.2 Å². The summed E-state index contributed by atoms with van der Waals surface area (Å²) in [5.41, 5.74) is 7.16. The minimum absolute atomic E-state index is 0.0569. The molecule has 19 nitrogen and oxygen atoms in total. The molecule has 2 rings (SSSR count). The van der Waals surface area contributed by atoms with Crippen LogP contribution in [0.15, 0.2) is 24.3 Å². The molecule has 1 fully saturated rings. The number of rotatable bonds is 14. The highest BCUT2D eigenvalue weighted by molar-refractivity contribution is 5.71. The van der Waals surface area contributed by atoms with E-state index in [1.165, 1.54) is 0 Å². The van der Waals surface area contributed by atoms with Gasteiger partial charge in [0.1, 0.15) is 0 Å². The van der Waals surface area contributed by atoms with Crippen molar-refractivity contribution >= 4 is 41.5 Å². The van der Waals surface area contributed by atoms with Gasteiger partial charge in [-0.1, -0.05) is 12.1 Å². The summed E-state index contributed by atoms with van der Waals surface area (Å²) in [6.45, 7) is -1.50. The number of nitrogens with zero attached hydrogens (tertiary/aromatic N) is 6. The first-order chi connectivity index (χ1) is 23.6. The number of nitrogens with two attached hydrogens (primary N) is 1. The number of carboxylic acids is 6. The largest absolute Gasteiger partial charge is 0.480 e. The summed E-state index contributed by atoms with van der Waals surface area (Å²) in [5, 5.41) is 57.9. The molecule has 0 aromatic heterocycles. The highest BCUT2D eigenvalue weighted by Crippen LogP contribution is 2.14. The van der Waals surface area contributed by atoms with Crippen LogP contribution in [0.25, 0.3) is 0 Å². The Morgan fingerprint density at radius 3 is 1.12 bits per heavy atom. The first-order valence-corrected chi connectivity index (χ1v) is 16.1. The fraction of sp³-hybridized carbons (Fsp3) is 0.613. The number of hydrogen-bond acceptors (Lipinski definition) is 13. The maximum Gasteiger partial charge on any atom is 0.317 e. The molecule has 1 unspecified atom stereocenters. The second-order valence-corrected chi connectivity index (χ2v) is 12.3. The summed E-state index contributed by atoms with van der Waals surface area (Å²) in [5.74, 6) is -6.88. The van der Waals surface area contributed by atoms with Crippen LogP contribution < -0.4 is 5.73 Å². The fourth-order valence-corrected chi connectivity index (χ4v) is 5.77. The molecule has 50 heavy (non-hydrogen) atoms. The second kappa shape index (κ2) is 21.6. The maximum absolute atomic E-state index is 12.1. The molecule has 0 spiro atoms. The highest BCUT2D eigenvalue weighted by atomic mass is 16.4. The highest BCUT2D eigenvalue weighted by Gasteiger charge is 2.27. The first kappa shape index (κ1) is 41.8. The quantitative estimate of drug-likeness (QED) is 0.0984. The SMILES string of the molecule is Nc1ccc(CC2CN(CC(=O)O)CCN(CC(=O)O)CCN(CC(=O)O)CCN(CC(=O)O)CCN(CC(=O)O)CCN2CC(=O)O)cc1. The topological polar surface area (TPSA) is 269 Å². The van der Waals surface area contributed by atoms with E-state index >= 15 is 0 Å². The van der Waals surface area contributed by atoms with Crippen molar-refractivity contribution in [3.8, 4) is 0 Å². The lowest BCUT2D eigenvalue weighted by Crippen LogP contribution is -2.52. The van der Waals surface area contributed by atoms with Crippen LogP contribution in [0.1, 0.15) is 5.56 Å². The van der Waals surface area contributed by atoms with Gasteiger partial charge >= 0.3 is 35.8 Å². The van der Waals surface area contributed by atoms with E-state index in [2.05, 4.69) is 0 Å². The van der Waals surface area contributed by atoms with Gasteiger partial charge in [0.15, 0.2) is 0 Å². The summed E-state index contributed by atoms with van der Waals surface area (Å²) >= 11 is 0. The lowest BCUT2D eigenvalue weighted by atomic mass is 10.0. The average Bonchev–Trinajstić information content (AvgIpc) is 2.99. The molecule has 1 aromatic rings. The molecule has 0 bridgehead atoms. The van der Waals surface area contributed by atoms with Gasteiger partial charge in [-0.2, -0.15) is 0 Å². The number of nitrogen functional groups attached to an aromatic ring is 1. The Bertz CT molecular complexity index is 1280. The molecule has 0 radical (unpaired) electrons. The van der Waals surface area contributed by atoms with Gasteiger partial charge in [-0.25, -0.2) is 0 Å². The van der Waals surface area contributed by atoms with Gasteiger partial charge in [-0.05, 0) is 24.1 Å². The van der Waals surface area contributed by atoms with E-state index in [0.717, 1.165) is 5.56 Å². The molecule has 0 amide bonds. The number of benzene rings is 1. The monoisotopic (exact) mass is 711 g/mol. The lowest BCUT2D eigenvalue weighted by molar-refractivity contribution is -0.141. The third-order valence-corrected chi connectivity index (χ3v) is 8.20.